The number of hydrogen-bond acceptors (Lipinski definition) is 3. The molecule has 0 bridgehead atoms. The maximum Gasteiger partial charge on any atom is 0.261 e. The summed E-state index contributed by atoms with van der Waals surface area (Å²) in [4.78, 5) is 0. The van der Waals surface area contributed by atoms with Crippen LogP contribution in [0.4, 0.5) is 8.78 Å². The molecule has 0 radical (unpaired) electrons. The molecule has 0 aliphatic rings. The Labute approximate surface area is 86.8 Å². The maximum atomic E-state index is 11.7. The van der Waals surface area contributed by atoms with Crippen molar-refractivity contribution in [3.8, 4) is 0 Å². The minimum Gasteiger partial charge on any atom is -0.375 e. The van der Waals surface area contributed by atoms with Crippen molar-refractivity contribution >= 4 is 19.7 Å². The van der Waals surface area contributed by atoms with Gasteiger partial charge in [0.1, 0.15) is 6.61 Å². The van der Waals surface area contributed by atoms with Crippen molar-refractivity contribution in [3.05, 3.63) is 0 Å². The highest BCUT2D eigenvalue weighted by Gasteiger charge is 2.25. The lowest BCUT2D eigenvalue weighted by atomic mass is 9.98. The van der Waals surface area contributed by atoms with Crippen LogP contribution in [0.2, 0.25) is 0 Å². The fourth-order valence-corrected chi connectivity index (χ4v) is 2.84. The summed E-state index contributed by atoms with van der Waals surface area (Å²) in [5.74, 6) is -0.301. The van der Waals surface area contributed by atoms with E-state index >= 15 is 0 Å². The molecule has 0 saturated carbocycles. The van der Waals surface area contributed by atoms with Crippen LogP contribution in [-0.4, -0.2) is 33.8 Å². The summed E-state index contributed by atoms with van der Waals surface area (Å²) in [6, 6.07) is 0. The zero-order chi connectivity index (χ0) is 11.4. The highest BCUT2D eigenvalue weighted by Crippen LogP contribution is 2.20. The number of ether oxygens (including phenoxy) is 1. The van der Waals surface area contributed by atoms with Gasteiger partial charge in [-0.2, -0.15) is 0 Å². The summed E-state index contributed by atoms with van der Waals surface area (Å²) < 4.78 is 49.4. The molecule has 0 heterocycles. The second-order valence-electron chi connectivity index (χ2n) is 3.75. The van der Waals surface area contributed by atoms with Gasteiger partial charge in [0.2, 0.25) is 9.05 Å². The highest BCUT2D eigenvalue weighted by atomic mass is 35.7. The largest absolute Gasteiger partial charge is 0.375 e. The van der Waals surface area contributed by atoms with Crippen LogP contribution in [0.5, 0.6) is 0 Å². The fraction of sp³-hybridized carbons (Fsp3) is 1.00. The van der Waals surface area contributed by atoms with Crippen LogP contribution in [0, 0.1) is 5.41 Å². The molecule has 0 N–H and O–H groups in total. The molecule has 86 valence electrons. The molecule has 0 atom stereocenters. The molecule has 3 nitrogen and oxygen atoms in total. The van der Waals surface area contributed by atoms with Crippen molar-refractivity contribution in [2.45, 2.75) is 20.3 Å². The van der Waals surface area contributed by atoms with Crippen molar-refractivity contribution in [1.82, 2.24) is 0 Å². The van der Waals surface area contributed by atoms with Gasteiger partial charge in [-0.3, -0.25) is 0 Å². The first-order chi connectivity index (χ1) is 6.12. The Morgan fingerprint density at radius 3 is 2.29 bits per heavy atom. The predicted molar refractivity (Wildman–Crippen MR) is 50.2 cm³/mol. The van der Waals surface area contributed by atoms with Crippen LogP contribution in [0.25, 0.3) is 0 Å². The van der Waals surface area contributed by atoms with Gasteiger partial charge in [-0.25, -0.2) is 17.2 Å². The van der Waals surface area contributed by atoms with Gasteiger partial charge in [0, 0.05) is 16.1 Å². The maximum absolute atomic E-state index is 11.7. The summed E-state index contributed by atoms with van der Waals surface area (Å²) in [5.41, 5.74) is -0.754. The van der Waals surface area contributed by atoms with Crippen LogP contribution >= 0.6 is 10.7 Å². The molecule has 0 saturated heterocycles. The summed E-state index contributed by atoms with van der Waals surface area (Å²) >= 11 is 0. The molecule has 0 fully saturated rings. The van der Waals surface area contributed by atoms with Crippen LogP contribution < -0.4 is 0 Å². The Morgan fingerprint density at radius 2 is 1.93 bits per heavy atom. The molecule has 14 heavy (non-hydrogen) atoms. The van der Waals surface area contributed by atoms with E-state index in [1.165, 1.54) is 0 Å². The Balaban J connectivity index is 3.96. The van der Waals surface area contributed by atoms with Gasteiger partial charge < -0.3 is 4.74 Å². The van der Waals surface area contributed by atoms with Gasteiger partial charge in [-0.15, -0.1) is 0 Å². The molecule has 0 aromatic heterocycles. The van der Waals surface area contributed by atoms with Gasteiger partial charge in [0.05, 0.1) is 12.4 Å². The van der Waals surface area contributed by atoms with Crippen LogP contribution in [0.15, 0.2) is 0 Å². The number of hydrogen-bond donors (Lipinski definition) is 0. The van der Waals surface area contributed by atoms with E-state index in [4.69, 9.17) is 10.7 Å². The molecular formula is C7H13ClF2O3S. The third kappa shape index (κ3) is 8.65. The number of rotatable bonds is 6. The van der Waals surface area contributed by atoms with Crippen LogP contribution in [-0.2, 0) is 13.8 Å². The average molecular weight is 251 g/mol. The summed E-state index contributed by atoms with van der Waals surface area (Å²) in [6.07, 6.45) is -2.54. The van der Waals surface area contributed by atoms with Crippen molar-refractivity contribution in [3.63, 3.8) is 0 Å². The zero-order valence-corrected chi connectivity index (χ0v) is 9.54. The monoisotopic (exact) mass is 250 g/mol. The minimum atomic E-state index is -3.63. The van der Waals surface area contributed by atoms with Crippen LogP contribution in [0.3, 0.4) is 0 Å². The molecular weight excluding hydrogens is 238 g/mol. The van der Waals surface area contributed by atoms with E-state index in [1.807, 2.05) is 0 Å². The molecule has 0 amide bonds. The first-order valence-corrected chi connectivity index (χ1v) is 6.38. The highest BCUT2D eigenvalue weighted by molar-refractivity contribution is 8.13. The second kappa shape index (κ2) is 5.23. The summed E-state index contributed by atoms with van der Waals surface area (Å²) in [7, 11) is 1.40. The molecule has 0 aliphatic carbocycles. The molecule has 0 unspecified atom stereocenters. The summed E-state index contributed by atoms with van der Waals surface area (Å²) in [5, 5.41) is 0. The standard InChI is InChI=1S/C7H13ClF2O3S/c1-7(2,5-14(8,11)12)4-13-3-6(9)10/h6H,3-5H2,1-2H3. The lowest BCUT2D eigenvalue weighted by molar-refractivity contribution is -0.00777. The van der Waals surface area contributed by atoms with E-state index in [9.17, 15) is 17.2 Å². The van der Waals surface area contributed by atoms with Crippen molar-refractivity contribution in [2.75, 3.05) is 19.0 Å². The topological polar surface area (TPSA) is 43.4 Å². The molecule has 0 aromatic rings. The van der Waals surface area contributed by atoms with E-state index in [0.717, 1.165) is 0 Å². The van der Waals surface area contributed by atoms with Crippen molar-refractivity contribution in [1.29, 1.82) is 0 Å². The minimum absolute atomic E-state index is 0.0662. The van der Waals surface area contributed by atoms with Crippen LogP contribution in [0.1, 0.15) is 13.8 Å². The smallest absolute Gasteiger partial charge is 0.261 e. The van der Waals surface area contributed by atoms with Crippen molar-refractivity contribution in [2.24, 2.45) is 5.41 Å². The Kier molecular flexibility index (Phi) is 5.25. The Hall–Kier alpha value is 0.0600. The molecule has 0 spiro atoms. The number of alkyl halides is 2. The van der Waals surface area contributed by atoms with Gasteiger partial charge in [0.25, 0.3) is 6.43 Å². The third-order valence-electron chi connectivity index (χ3n) is 1.30. The average Bonchev–Trinajstić information content (AvgIpc) is 1.78. The predicted octanol–water partition coefficient (Wildman–Crippen LogP) is 1.86. The first kappa shape index (κ1) is 14.1. The fourth-order valence-electron chi connectivity index (χ4n) is 0.933. The molecule has 0 aromatic carbocycles. The normalized spacial score (nSPS) is 13.6. The van der Waals surface area contributed by atoms with E-state index in [2.05, 4.69) is 4.74 Å². The lowest BCUT2D eigenvalue weighted by Gasteiger charge is -2.22. The first-order valence-electron chi connectivity index (χ1n) is 3.91. The second-order valence-corrected chi connectivity index (χ2v) is 6.53. The van der Waals surface area contributed by atoms with E-state index < -0.39 is 27.5 Å². The Bertz CT molecular complexity index is 264. The van der Waals surface area contributed by atoms with E-state index in [0.29, 0.717) is 0 Å². The van der Waals surface area contributed by atoms with Gasteiger partial charge in [0.15, 0.2) is 0 Å². The van der Waals surface area contributed by atoms with Gasteiger partial charge >= 0.3 is 0 Å². The van der Waals surface area contributed by atoms with E-state index in [1.54, 1.807) is 13.8 Å². The van der Waals surface area contributed by atoms with Crippen molar-refractivity contribution < 1.29 is 21.9 Å². The Morgan fingerprint density at radius 1 is 1.43 bits per heavy atom. The quantitative estimate of drug-likeness (QED) is 0.676. The summed E-state index contributed by atoms with van der Waals surface area (Å²) in [6.45, 7) is 2.41. The SMILES string of the molecule is CC(C)(COCC(F)F)CS(=O)(=O)Cl. The lowest BCUT2D eigenvalue weighted by Crippen LogP contribution is -2.28. The molecule has 7 heteroatoms. The molecule has 0 rings (SSSR count). The molecule has 0 aliphatic heterocycles. The van der Waals surface area contributed by atoms with E-state index in [-0.39, 0.29) is 12.4 Å². The number of halogens is 3. The van der Waals surface area contributed by atoms with Gasteiger partial charge in [-0.05, 0) is 0 Å². The van der Waals surface area contributed by atoms with Gasteiger partial charge in [-0.1, -0.05) is 13.8 Å². The third-order valence-corrected chi connectivity index (χ3v) is 2.75. The zero-order valence-electron chi connectivity index (χ0n) is 7.97.